The Hall–Kier alpha value is -1.00. The van der Waals surface area contributed by atoms with Crippen LogP contribution in [0.15, 0.2) is 30.3 Å². The molecule has 0 radical (unpaired) electrons. The zero-order valence-corrected chi connectivity index (χ0v) is 14.5. The van der Waals surface area contributed by atoms with Crippen molar-refractivity contribution in [2.75, 3.05) is 12.9 Å². The summed E-state index contributed by atoms with van der Waals surface area (Å²) in [5, 5.41) is 9.76. The van der Waals surface area contributed by atoms with Crippen LogP contribution < -0.4 is 0 Å². The molecule has 0 saturated heterocycles. The predicted molar refractivity (Wildman–Crippen MR) is 93.0 cm³/mol. The quantitative estimate of drug-likeness (QED) is 0.485. The standard InChI is InChI=1S/C18H28O3S/c1-3-4-5-6-7-11-14-21-18(20)17(22-2)16(19)15-12-9-8-10-13-15/h8-10,12-13,16-17,19H,3-7,11,14H2,1-2H3/t16-,17-/m0/s1. The summed E-state index contributed by atoms with van der Waals surface area (Å²) in [5.74, 6) is -0.322. The molecule has 0 aliphatic carbocycles. The van der Waals surface area contributed by atoms with E-state index in [-0.39, 0.29) is 5.97 Å². The van der Waals surface area contributed by atoms with Crippen LogP contribution >= 0.6 is 11.8 Å². The number of unbranched alkanes of at least 4 members (excludes halogenated alkanes) is 5. The van der Waals surface area contributed by atoms with Crippen molar-refractivity contribution in [1.82, 2.24) is 0 Å². The number of carbonyl (C=O) groups is 1. The topological polar surface area (TPSA) is 46.5 Å². The number of aliphatic hydroxyl groups excluding tert-OH is 1. The molecule has 1 rings (SSSR count). The van der Waals surface area contributed by atoms with Gasteiger partial charge in [-0.05, 0) is 18.2 Å². The van der Waals surface area contributed by atoms with Crippen molar-refractivity contribution in [1.29, 1.82) is 0 Å². The number of esters is 1. The summed E-state index contributed by atoms with van der Waals surface area (Å²) in [7, 11) is 0. The van der Waals surface area contributed by atoms with Crippen LogP contribution in [0.1, 0.15) is 57.1 Å². The van der Waals surface area contributed by atoms with Crippen LogP contribution in [0.25, 0.3) is 0 Å². The van der Waals surface area contributed by atoms with Crippen LogP contribution in [0.3, 0.4) is 0 Å². The van der Waals surface area contributed by atoms with Gasteiger partial charge in [0.15, 0.2) is 0 Å². The van der Waals surface area contributed by atoms with Gasteiger partial charge in [0.1, 0.15) is 11.4 Å². The second kappa shape index (κ2) is 11.6. The van der Waals surface area contributed by atoms with Gasteiger partial charge in [0.05, 0.1) is 6.61 Å². The molecule has 3 nitrogen and oxygen atoms in total. The van der Waals surface area contributed by atoms with E-state index in [2.05, 4.69) is 6.92 Å². The van der Waals surface area contributed by atoms with Crippen molar-refractivity contribution in [3.63, 3.8) is 0 Å². The molecule has 0 unspecified atom stereocenters. The zero-order valence-electron chi connectivity index (χ0n) is 13.7. The molecule has 1 N–H and O–H groups in total. The number of hydrogen-bond acceptors (Lipinski definition) is 4. The fraction of sp³-hybridized carbons (Fsp3) is 0.611. The lowest BCUT2D eigenvalue weighted by Crippen LogP contribution is -2.27. The first-order valence-corrected chi connectivity index (χ1v) is 9.42. The van der Waals surface area contributed by atoms with Crippen molar-refractivity contribution in [3.05, 3.63) is 35.9 Å². The highest BCUT2D eigenvalue weighted by atomic mass is 32.2. The maximum Gasteiger partial charge on any atom is 0.322 e. The highest BCUT2D eigenvalue weighted by Gasteiger charge is 2.28. The highest BCUT2D eigenvalue weighted by molar-refractivity contribution is 7.99. The molecule has 0 aliphatic rings. The first-order chi connectivity index (χ1) is 10.7. The first kappa shape index (κ1) is 19.0. The fourth-order valence-corrected chi connectivity index (χ4v) is 2.99. The van der Waals surface area contributed by atoms with E-state index >= 15 is 0 Å². The van der Waals surface area contributed by atoms with E-state index in [4.69, 9.17) is 4.74 Å². The number of hydrogen-bond donors (Lipinski definition) is 1. The molecule has 0 saturated carbocycles. The number of aliphatic hydroxyl groups is 1. The van der Waals surface area contributed by atoms with E-state index in [9.17, 15) is 9.90 Å². The number of benzene rings is 1. The molecule has 2 atom stereocenters. The number of ether oxygens (including phenoxy) is 1. The van der Waals surface area contributed by atoms with E-state index in [0.29, 0.717) is 6.61 Å². The second-order valence-corrected chi connectivity index (χ2v) is 6.43. The van der Waals surface area contributed by atoms with Crippen molar-refractivity contribution in [3.8, 4) is 0 Å². The lowest BCUT2D eigenvalue weighted by atomic mass is 10.1. The SMILES string of the molecule is CCCCCCCCOC(=O)[C@@H](SC)[C@@H](O)c1ccccc1. The van der Waals surface area contributed by atoms with Crippen LogP contribution in [0, 0.1) is 0 Å². The maximum absolute atomic E-state index is 12.1. The average molecular weight is 324 g/mol. The molecule has 0 fully saturated rings. The van der Waals surface area contributed by atoms with Crippen LogP contribution in [0.5, 0.6) is 0 Å². The first-order valence-electron chi connectivity index (χ1n) is 8.13. The Morgan fingerprint density at radius 1 is 1.14 bits per heavy atom. The van der Waals surface area contributed by atoms with Crippen molar-refractivity contribution >= 4 is 17.7 Å². The lowest BCUT2D eigenvalue weighted by Gasteiger charge is -2.20. The second-order valence-electron chi connectivity index (χ2n) is 5.45. The van der Waals surface area contributed by atoms with Crippen LogP contribution in [-0.2, 0) is 9.53 Å². The van der Waals surface area contributed by atoms with Gasteiger partial charge in [-0.2, -0.15) is 0 Å². The summed E-state index contributed by atoms with van der Waals surface area (Å²) in [6.07, 6.45) is 7.96. The minimum absolute atomic E-state index is 0.322. The minimum atomic E-state index is -0.826. The molecule has 4 heteroatoms. The Morgan fingerprint density at radius 3 is 2.41 bits per heavy atom. The third kappa shape index (κ3) is 6.84. The number of carbonyl (C=O) groups excluding carboxylic acids is 1. The van der Waals surface area contributed by atoms with Gasteiger partial charge >= 0.3 is 5.97 Å². The molecule has 0 aliphatic heterocycles. The Morgan fingerprint density at radius 2 is 1.77 bits per heavy atom. The molecular formula is C18H28O3S. The van der Waals surface area contributed by atoms with E-state index in [1.54, 1.807) is 0 Å². The third-order valence-electron chi connectivity index (χ3n) is 3.66. The monoisotopic (exact) mass is 324 g/mol. The molecule has 0 heterocycles. The van der Waals surface area contributed by atoms with E-state index < -0.39 is 11.4 Å². The van der Waals surface area contributed by atoms with Gasteiger partial charge in [-0.15, -0.1) is 11.8 Å². The molecule has 1 aromatic carbocycles. The van der Waals surface area contributed by atoms with Gasteiger partial charge in [0.25, 0.3) is 0 Å². The van der Waals surface area contributed by atoms with Crippen LogP contribution in [-0.4, -0.2) is 29.2 Å². The van der Waals surface area contributed by atoms with Gasteiger partial charge < -0.3 is 9.84 Å². The minimum Gasteiger partial charge on any atom is -0.465 e. The molecular weight excluding hydrogens is 296 g/mol. The number of rotatable bonds is 11. The normalized spacial score (nSPS) is 13.6. The summed E-state index contributed by atoms with van der Waals surface area (Å²) >= 11 is 1.33. The summed E-state index contributed by atoms with van der Waals surface area (Å²) < 4.78 is 5.32. The third-order valence-corrected chi connectivity index (χ3v) is 4.61. The maximum atomic E-state index is 12.1. The van der Waals surface area contributed by atoms with Crippen molar-refractivity contribution < 1.29 is 14.6 Å². The highest BCUT2D eigenvalue weighted by Crippen LogP contribution is 2.26. The molecule has 0 spiro atoms. The molecule has 0 amide bonds. The number of thioether (sulfide) groups is 1. The molecule has 22 heavy (non-hydrogen) atoms. The lowest BCUT2D eigenvalue weighted by molar-refractivity contribution is -0.145. The van der Waals surface area contributed by atoms with Crippen molar-refractivity contribution in [2.24, 2.45) is 0 Å². The Balaban J connectivity index is 2.32. The molecule has 1 aromatic rings. The van der Waals surface area contributed by atoms with E-state index in [1.807, 2.05) is 36.6 Å². The van der Waals surface area contributed by atoms with Gasteiger partial charge in [0.2, 0.25) is 0 Å². The fourth-order valence-electron chi connectivity index (χ4n) is 2.32. The summed E-state index contributed by atoms with van der Waals surface area (Å²) in [4.78, 5) is 12.1. The zero-order chi connectivity index (χ0) is 16.2. The van der Waals surface area contributed by atoms with Crippen LogP contribution in [0.4, 0.5) is 0 Å². The predicted octanol–water partition coefficient (Wildman–Crippen LogP) is 4.36. The molecule has 0 aromatic heterocycles. The average Bonchev–Trinajstić information content (AvgIpc) is 2.55. The smallest absolute Gasteiger partial charge is 0.322 e. The molecule has 124 valence electrons. The Bertz CT molecular complexity index is 408. The summed E-state index contributed by atoms with van der Waals surface area (Å²) in [5.41, 5.74) is 0.748. The van der Waals surface area contributed by atoms with E-state index in [0.717, 1.165) is 18.4 Å². The van der Waals surface area contributed by atoms with Gasteiger partial charge in [-0.3, -0.25) is 4.79 Å². The van der Waals surface area contributed by atoms with Gasteiger partial charge in [-0.1, -0.05) is 69.4 Å². The Kier molecular flexibility index (Phi) is 10.0. The van der Waals surface area contributed by atoms with E-state index in [1.165, 1.54) is 37.4 Å². The Labute approximate surface area is 138 Å². The summed E-state index contributed by atoms with van der Waals surface area (Å²) in [6.45, 7) is 2.64. The molecule has 0 bridgehead atoms. The van der Waals surface area contributed by atoms with Gasteiger partial charge in [-0.25, -0.2) is 0 Å². The van der Waals surface area contributed by atoms with Gasteiger partial charge in [0, 0.05) is 0 Å². The summed E-state index contributed by atoms with van der Waals surface area (Å²) in [6, 6.07) is 9.26. The van der Waals surface area contributed by atoms with Crippen molar-refractivity contribution in [2.45, 2.75) is 56.8 Å². The van der Waals surface area contributed by atoms with Crippen LogP contribution in [0.2, 0.25) is 0 Å². The largest absolute Gasteiger partial charge is 0.465 e.